The zero-order chi connectivity index (χ0) is 19.4. The highest BCUT2D eigenvalue weighted by Gasteiger charge is 2.23. The van der Waals surface area contributed by atoms with Crippen molar-refractivity contribution in [3.8, 4) is 0 Å². The fourth-order valence-electron chi connectivity index (χ4n) is 3.56. The predicted octanol–water partition coefficient (Wildman–Crippen LogP) is 4.68. The van der Waals surface area contributed by atoms with Crippen molar-refractivity contribution < 1.29 is 4.79 Å². The molecule has 1 aliphatic rings. The molecule has 1 saturated carbocycles. The smallest absolute Gasteiger partial charge is 0.251 e. The minimum atomic E-state index is -0.0512. The second-order valence-electron chi connectivity index (χ2n) is 7.43. The summed E-state index contributed by atoms with van der Waals surface area (Å²) >= 11 is 5.97. The van der Waals surface area contributed by atoms with Crippen molar-refractivity contribution in [3.63, 3.8) is 0 Å². The highest BCUT2D eigenvalue weighted by Crippen LogP contribution is 2.25. The van der Waals surface area contributed by atoms with Crippen LogP contribution in [0.5, 0.6) is 0 Å². The Bertz CT molecular complexity index is 805. The molecule has 0 atom stereocenters. The number of rotatable bonds is 5. The molecule has 1 amide bonds. The van der Waals surface area contributed by atoms with Crippen LogP contribution >= 0.6 is 24.0 Å². The maximum Gasteiger partial charge on any atom is 0.251 e. The van der Waals surface area contributed by atoms with E-state index in [2.05, 4.69) is 33.5 Å². The molecule has 1 fully saturated rings. The predicted molar refractivity (Wildman–Crippen MR) is 119 cm³/mol. The molecule has 0 radical (unpaired) electrons. The van der Waals surface area contributed by atoms with Gasteiger partial charge < -0.3 is 15.5 Å². The molecule has 5 nitrogen and oxygen atoms in total. The van der Waals surface area contributed by atoms with Crippen LogP contribution in [0.2, 0.25) is 5.02 Å². The number of pyridine rings is 1. The Kier molecular flexibility index (Phi) is 7.96. The van der Waals surface area contributed by atoms with Gasteiger partial charge in [-0.15, -0.1) is 12.4 Å². The normalized spacial score (nSPS) is 18.7. The molecule has 1 aromatic carbocycles. The maximum absolute atomic E-state index is 12.4. The summed E-state index contributed by atoms with van der Waals surface area (Å²) in [5, 5.41) is 7.26. The Labute approximate surface area is 178 Å². The SMILES string of the molecule is Cc1cnc(NC2CCC(NC(=O)c3cccc(Cl)c3)CC2)cc1N(C)C.Cl. The van der Waals surface area contributed by atoms with Crippen molar-refractivity contribution in [3.05, 3.63) is 52.7 Å². The lowest BCUT2D eigenvalue weighted by Crippen LogP contribution is -2.40. The molecule has 28 heavy (non-hydrogen) atoms. The molecule has 0 aliphatic heterocycles. The summed E-state index contributed by atoms with van der Waals surface area (Å²) in [7, 11) is 4.08. The molecule has 1 heterocycles. The highest BCUT2D eigenvalue weighted by atomic mass is 35.5. The van der Waals surface area contributed by atoms with Gasteiger partial charge in [0.05, 0.1) is 0 Å². The third-order valence-corrected chi connectivity index (χ3v) is 5.29. The first-order chi connectivity index (χ1) is 12.9. The average molecular weight is 423 g/mol. The summed E-state index contributed by atoms with van der Waals surface area (Å²) < 4.78 is 0. The summed E-state index contributed by atoms with van der Waals surface area (Å²) in [6.45, 7) is 2.07. The zero-order valence-corrected chi connectivity index (χ0v) is 18.1. The van der Waals surface area contributed by atoms with Crippen LogP contribution < -0.4 is 15.5 Å². The van der Waals surface area contributed by atoms with Gasteiger partial charge in [0.1, 0.15) is 5.82 Å². The average Bonchev–Trinajstić information content (AvgIpc) is 2.64. The van der Waals surface area contributed by atoms with E-state index in [9.17, 15) is 4.79 Å². The number of nitrogens with one attached hydrogen (secondary N) is 2. The molecular formula is C21H28Cl2N4O. The highest BCUT2D eigenvalue weighted by molar-refractivity contribution is 6.30. The molecule has 2 N–H and O–H groups in total. The van der Waals surface area contributed by atoms with E-state index in [1.165, 1.54) is 5.69 Å². The van der Waals surface area contributed by atoms with Gasteiger partial charge in [-0.1, -0.05) is 17.7 Å². The minimum Gasteiger partial charge on any atom is -0.377 e. The molecule has 0 bridgehead atoms. The number of hydrogen-bond acceptors (Lipinski definition) is 4. The molecule has 0 saturated heterocycles. The first-order valence-corrected chi connectivity index (χ1v) is 9.77. The number of benzene rings is 1. The lowest BCUT2D eigenvalue weighted by Gasteiger charge is -2.30. The maximum atomic E-state index is 12.4. The van der Waals surface area contributed by atoms with Gasteiger partial charge in [0, 0.05) is 54.7 Å². The fraction of sp³-hybridized carbons (Fsp3) is 0.429. The third-order valence-electron chi connectivity index (χ3n) is 5.06. The summed E-state index contributed by atoms with van der Waals surface area (Å²) in [5.74, 6) is 0.862. The molecular weight excluding hydrogens is 395 g/mol. The van der Waals surface area contributed by atoms with Gasteiger partial charge in [-0.3, -0.25) is 4.79 Å². The summed E-state index contributed by atoms with van der Waals surface area (Å²) in [5.41, 5.74) is 2.95. The molecule has 7 heteroatoms. The quantitative estimate of drug-likeness (QED) is 0.733. The van der Waals surface area contributed by atoms with Gasteiger partial charge in [0.15, 0.2) is 0 Å². The van der Waals surface area contributed by atoms with Crippen molar-refractivity contribution >= 4 is 41.4 Å². The second kappa shape index (κ2) is 9.99. The van der Waals surface area contributed by atoms with Crippen molar-refractivity contribution in [2.45, 2.75) is 44.7 Å². The lowest BCUT2D eigenvalue weighted by atomic mass is 9.91. The first-order valence-electron chi connectivity index (χ1n) is 9.39. The van der Waals surface area contributed by atoms with E-state index >= 15 is 0 Å². The Hall–Kier alpha value is -1.98. The number of amides is 1. The van der Waals surface area contributed by atoms with E-state index in [1.807, 2.05) is 20.3 Å². The van der Waals surface area contributed by atoms with Crippen LogP contribution in [0.15, 0.2) is 36.5 Å². The summed E-state index contributed by atoms with van der Waals surface area (Å²) in [4.78, 5) is 19.0. The van der Waals surface area contributed by atoms with E-state index < -0.39 is 0 Å². The number of carbonyl (C=O) groups excluding carboxylic acids is 1. The molecule has 2 aromatic rings. The second-order valence-corrected chi connectivity index (χ2v) is 7.86. The monoisotopic (exact) mass is 422 g/mol. The summed E-state index contributed by atoms with van der Waals surface area (Å²) in [6, 6.07) is 9.76. The standard InChI is InChI=1S/C21H27ClN4O.ClH/c1-14-13-23-20(12-19(14)26(2)3)24-17-7-9-18(10-8-17)25-21(27)15-5-4-6-16(22)11-15;/h4-6,11-13,17-18H,7-10H2,1-3H3,(H,23,24)(H,25,27);1H. The minimum absolute atomic E-state index is 0. The number of aromatic nitrogens is 1. The van der Waals surface area contributed by atoms with Crippen LogP contribution in [-0.4, -0.2) is 37.1 Å². The van der Waals surface area contributed by atoms with Gasteiger partial charge in [0.25, 0.3) is 5.91 Å². The van der Waals surface area contributed by atoms with Crippen LogP contribution in [0.1, 0.15) is 41.6 Å². The number of aryl methyl sites for hydroxylation is 1. The van der Waals surface area contributed by atoms with Crippen molar-refractivity contribution in [2.24, 2.45) is 0 Å². The van der Waals surface area contributed by atoms with Gasteiger partial charge >= 0.3 is 0 Å². The molecule has 1 aromatic heterocycles. The van der Waals surface area contributed by atoms with Crippen molar-refractivity contribution in [1.82, 2.24) is 10.3 Å². The topological polar surface area (TPSA) is 57.3 Å². The Balaban J connectivity index is 0.00000280. The Morgan fingerprint density at radius 1 is 1.14 bits per heavy atom. The molecule has 152 valence electrons. The largest absolute Gasteiger partial charge is 0.377 e. The van der Waals surface area contributed by atoms with Crippen molar-refractivity contribution in [2.75, 3.05) is 24.3 Å². The van der Waals surface area contributed by atoms with Crippen LogP contribution in [0.25, 0.3) is 0 Å². The van der Waals surface area contributed by atoms with Crippen molar-refractivity contribution in [1.29, 1.82) is 0 Å². The molecule has 1 aliphatic carbocycles. The number of halogens is 2. The van der Waals surface area contributed by atoms with Crippen LogP contribution in [0.4, 0.5) is 11.5 Å². The van der Waals surface area contributed by atoms with Gasteiger partial charge in [0.2, 0.25) is 0 Å². The Morgan fingerprint density at radius 3 is 2.46 bits per heavy atom. The zero-order valence-electron chi connectivity index (χ0n) is 16.5. The van der Waals surface area contributed by atoms with E-state index in [-0.39, 0.29) is 24.4 Å². The third kappa shape index (κ3) is 5.76. The number of carbonyl (C=O) groups is 1. The molecule has 3 rings (SSSR count). The van der Waals surface area contributed by atoms with E-state index in [1.54, 1.807) is 24.3 Å². The fourth-order valence-corrected chi connectivity index (χ4v) is 3.75. The molecule has 0 spiro atoms. The van der Waals surface area contributed by atoms with Gasteiger partial charge in [-0.2, -0.15) is 0 Å². The van der Waals surface area contributed by atoms with Crippen LogP contribution in [-0.2, 0) is 0 Å². The van der Waals surface area contributed by atoms with E-state index in [0.717, 1.165) is 37.1 Å². The lowest BCUT2D eigenvalue weighted by molar-refractivity contribution is 0.0926. The van der Waals surface area contributed by atoms with E-state index in [4.69, 9.17) is 11.6 Å². The van der Waals surface area contributed by atoms with E-state index in [0.29, 0.717) is 16.6 Å². The summed E-state index contributed by atoms with van der Waals surface area (Å²) in [6.07, 6.45) is 5.84. The Morgan fingerprint density at radius 2 is 1.82 bits per heavy atom. The number of hydrogen-bond donors (Lipinski definition) is 2. The van der Waals surface area contributed by atoms with Gasteiger partial charge in [-0.05, 0) is 56.4 Å². The molecule has 0 unspecified atom stereocenters. The van der Waals surface area contributed by atoms with Crippen LogP contribution in [0, 0.1) is 6.92 Å². The van der Waals surface area contributed by atoms with Crippen LogP contribution in [0.3, 0.4) is 0 Å². The first kappa shape index (κ1) is 22.3. The number of anilines is 2. The number of nitrogens with zero attached hydrogens (tertiary/aromatic N) is 2. The van der Waals surface area contributed by atoms with Gasteiger partial charge in [-0.25, -0.2) is 4.98 Å².